The highest BCUT2D eigenvalue weighted by atomic mass is 16.6. The summed E-state index contributed by atoms with van der Waals surface area (Å²) >= 11 is 0. The van der Waals surface area contributed by atoms with Gasteiger partial charge in [-0.1, -0.05) is 221 Å². The van der Waals surface area contributed by atoms with Gasteiger partial charge in [0.15, 0.2) is 6.10 Å². The Bertz CT molecular complexity index is 826. The third kappa shape index (κ3) is 40.1. The lowest BCUT2D eigenvalue weighted by Gasteiger charge is -2.18. The minimum Gasteiger partial charge on any atom is -0.462 e. The Morgan fingerprint density at radius 3 is 1.06 bits per heavy atom. The molecule has 0 N–H and O–H groups in total. The minimum absolute atomic E-state index is 0.0671. The second-order valence-electron chi connectivity index (χ2n) is 17.1. The second kappa shape index (κ2) is 41.1. The quantitative estimate of drug-likeness (QED) is 0.0350. The molecule has 0 bridgehead atoms. The molecule has 0 aliphatic carbocycles. The van der Waals surface area contributed by atoms with Crippen LogP contribution < -0.4 is 0 Å². The summed E-state index contributed by atoms with van der Waals surface area (Å²) in [5, 5.41) is 0. The van der Waals surface area contributed by atoms with E-state index in [1.165, 1.54) is 141 Å². The van der Waals surface area contributed by atoms with Gasteiger partial charge in [-0.3, -0.25) is 14.4 Å². The molecular formula is C48H92O6. The van der Waals surface area contributed by atoms with Crippen LogP contribution in [0.3, 0.4) is 0 Å². The van der Waals surface area contributed by atoms with Crippen LogP contribution in [0.4, 0.5) is 0 Å². The predicted octanol–water partition coefficient (Wildman–Crippen LogP) is 15.0. The van der Waals surface area contributed by atoms with Gasteiger partial charge < -0.3 is 14.2 Å². The van der Waals surface area contributed by atoms with Gasteiger partial charge in [0.05, 0.1) is 0 Å². The van der Waals surface area contributed by atoms with Crippen molar-refractivity contribution < 1.29 is 28.6 Å². The summed E-state index contributed by atoms with van der Waals surface area (Å²) < 4.78 is 16.6. The Kier molecular flexibility index (Phi) is 39.8. The van der Waals surface area contributed by atoms with E-state index in [1.807, 2.05) is 0 Å². The number of esters is 3. The van der Waals surface area contributed by atoms with E-state index >= 15 is 0 Å². The van der Waals surface area contributed by atoms with Gasteiger partial charge >= 0.3 is 17.9 Å². The van der Waals surface area contributed by atoms with E-state index in [0.29, 0.717) is 19.3 Å². The fourth-order valence-corrected chi connectivity index (χ4v) is 7.07. The summed E-state index contributed by atoms with van der Waals surface area (Å²) in [7, 11) is 0. The Hall–Kier alpha value is -1.59. The molecule has 6 heteroatoms. The van der Waals surface area contributed by atoms with Gasteiger partial charge in [0, 0.05) is 19.3 Å². The zero-order chi connectivity index (χ0) is 39.7. The molecule has 320 valence electrons. The van der Waals surface area contributed by atoms with Crippen LogP contribution in [0.1, 0.15) is 259 Å². The van der Waals surface area contributed by atoms with Crippen LogP contribution in [0.5, 0.6) is 0 Å². The van der Waals surface area contributed by atoms with Crippen LogP contribution in [0.2, 0.25) is 0 Å². The van der Waals surface area contributed by atoms with E-state index < -0.39 is 6.10 Å². The van der Waals surface area contributed by atoms with Crippen LogP contribution in [0, 0.1) is 11.8 Å². The van der Waals surface area contributed by atoms with Gasteiger partial charge in [0.1, 0.15) is 13.2 Å². The van der Waals surface area contributed by atoms with Gasteiger partial charge in [-0.2, -0.15) is 0 Å². The molecule has 0 saturated carbocycles. The topological polar surface area (TPSA) is 78.9 Å². The normalized spacial score (nSPS) is 12.6. The molecule has 0 aromatic rings. The van der Waals surface area contributed by atoms with E-state index in [4.69, 9.17) is 14.2 Å². The van der Waals surface area contributed by atoms with E-state index in [0.717, 1.165) is 76.0 Å². The molecule has 2 atom stereocenters. The predicted molar refractivity (Wildman–Crippen MR) is 229 cm³/mol. The lowest BCUT2D eigenvalue weighted by atomic mass is 9.99. The number of ether oxygens (including phenoxy) is 3. The van der Waals surface area contributed by atoms with E-state index in [1.54, 1.807) is 0 Å². The van der Waals surface area contributed by atoms with Crippen molar-refractivity contribution in [2.45, 2.75) is 265 Å². The van der Waals surface area contributed by atoms with Crippen LogP contribution >= 0.6 is 0 Å². The van der Waals surface area contributed by atoms with E-state index in [2.05, 4.69) is 34.6 Å². The molecule has 0 saturated heterocycles. The molecular weight excluding hydrogens is 673 g/mol. The van der Waals surface area contributed by atoms with Crippen LogP contribution in [0.25, 0.3) is 0 Å². The first kappa shape index (κ1) is 52.4. The number of rotatable bonds is 42. The maximum atomic E-state index is 12.7. The number of hydrogen-bond acceptors (Lipinski definition) is 6. The van der Waals surface area contributed by atoms with Gasteiger partial charge in [-0.15, -0.1) is 0 Å². The lowest BCUT2D eigenvalue weighted by molar-refractivity contribution is -0.167. The Morgan fingerprint density at radius 2 is 0.704 bits per heavy atom. The van der Waals surface area contributed by atoms with Crippen molar-refractivity contribution in [2.24, 2.45) is 11.8 Å². The molecule has 1 unspecified atom stereocenters. The summed E-state index contributed by atoms with van der Waals surface area (Å²) in [6, 6.07) is 0. The van der Waals surface area contributed by atoms with Crippen molar-refractivity contribution in [2.75, 3.05) is 13.2 Å². The third-order valence-electron chi connectivity index (χ3n) is 11.1. The highest BCUT2D eigenvalue weighted by Crippen LogP contribution is 2.17. The molecule has 0 aromatic heterocycles. The van der Waals surface area contributed by atoms with Crippen molar-refractivity contribution in [3.05, 3.63) is 0 Å². The van der Waals surface area contributed by atoms with Crippen molar-refractivity contribution in [1.82, 2.24) is 0 Å². The molecule has 0 aromatic carbocycles. The van der Waals surface area contributed by atoms with Crippen molar-refractivity contribution in [3.63, 3.8) is 0 Å². The van der Waals surface area contributed by atoms with Crippen molar-refractivity contribution >= 4 is 17.9 Å². The van der Waals surface area contributed by atoms with Crippen LogP contribution in [-0.4, -0.2) is 37.2 Å². The van der Waals surface area contributed by atoms with E-state index in [-0.39, 0.29) is 31.1 Å². The summed E-state index contributed by atoms with van der Waals surface area (Å²) in [5.74, 6) is 0.798. The number of hydrogen-bond donors (Lipinski definition) is 0. The number of carbonyl (C=O) groups is 3. The zero-order valence-electron chi connectivity index (χ0n) is 36.8. The van der Waals surface area contributed by atoms with Gasteiger partial charge in [0.2, 0.25) is 0 Å². The maximum Gasteiger partial charge on any atom is 0.306 e. The Morgan fingerprint density at radius 1 is 0.389 bits per heavy atom. The van der Waals surface area contributed by atoms with Gasteiger partial charge in [0.25, 0.3) is 0 Å². The summed E-state index contributed by atoms with van der Waals surface area (Å²) in [6.07, 6.45) is 40.0. The average molecular weight is 765 g/mol. The van der Waals surface area contributed by atoms with Crippen LogP contribution in [-0.2, 0) is 28.6 Å². The monoisotopic (exact) mass is 765 g/mol. The zero-order valence-corrected chi connectivity index (χ0v) is 36.8. The first-order valence-electron chi connectivity index (χ1n) is 23.8. The third-order valence-corrected chi connectivity index (χ3v) is 11.1. The Labute approximate surface area is 336 Å². The molecule has 6 nitrogen and oxygen atoms in total. The molecule has 0 rings (SSSR count). The molecule has 0 aliphatic heterocycles. The fraction of sp³-hybridized carbons (Fsp3) is 0.938. The van der Waals surface area contributed by atoms with Gasteiger partial charge in [-0.05, 0) is 31.1 Å². The molecule has 0 radical (unpaired) electrons. The fourth-order valence-electron chi connectivity index (χ4n) is 7.07. The molecule has 54 heavy (non-hydrogen) atoms. The summed E-state index contributed by atoms with van der Waals surface area (Å²) in [4.78, 5) is 37.4. The molecule has 0 amide bonds. The number of unbranched alkanes of at least 4 members (excludes halogenated alkanes) is 26. The molecule has 0 fully saturated rings. The highest BCUT2D eigenvalue weighted by Gasteiger charge is 2.19. The molecule has 0 heterocycles. The van der Waals surface area contributed by atoms with E-state index in [9.17, 15) is 14.4 Å². The highest BCUT2D eigenvalue weighted by molar-refractivity contribution is 5.71. The van der Waals surface area contributed by atoms with Crippen molar-refractivity contribution in [1.29, 1.82) is 0 Å². The second-order valence-corrected chi connectivity index (χ2v) is 17.1. The SMILES string of the molecule is CCCCCCCC(=O)OC[C@@H](COC(=O)CCCCCCCCC(C)C)OC(=O)CCCCCCCCCCCCCCCCCCCCC(C)CC. The molecule has 0 spiro atoms. The number of carbonyl (C=O) groups excluding carboxylic acids is 3. The first-order chi connectivity index (χ1) is 26.3. The minimum atomic E-state index is -0.759. The standard InChI is InChI=1S/C48H92O6/c1-6-8-9-26-33-38-46(49)52-41-45(42-53-47(50)39-34-29-25-24-27-31-36-43(3)4)54-48(51)40-35-30-23-21-19-17-15-13-11-10-12-14-16-18-20-22-28-32-37-44(5)7-2/h43-45H,6-42H2,1-5H3/t44?,45-/m0/s1. The largest absolute Gasteiger partial charge is 0.462 e. The summed E-state index contributed by atoms with van der Waals surface area (Å²) in [6.45, 7) is 11.2. The summed E-state index contributed by atoms with van der Waals surface area (Å²) in [5.41, 5.74) is 0. The van der Waals surface area contributed by atoms with Gasteiger partial charge in [-0.25, -0.2) is 0 Å². The smallest absolute Gasteiger partial charge is 0.306 e. The molecule has 0 aliphatic rings. The lowest BCUT2D eigenvalue weighted by Crippen LogP contribution is -2.30. The van der Waals surface area contributed by atoms with Crippen molar-refractivity contribution in [3.8, 4) is 0 Å². The first-order valence-corrected chi connectivity index (χ1v) is 23.8. The average Bonchev–Trinajstić information content (AvgIpc) is 3.15. The maximum absolute atomic E-state index is 12.7. The Balaban J connectivity index is 4.04. The van der Waals surface area contributed by atoms with Crippen LogP contribution in [0.15, 0.2) is 0 Å².